The summed E-state index contributed by atoms with van der Waals surface area (Å²) in [6.45, 7) is -0.662. The number of hydrogen-bond acceptors (Lipinski definition) is 6. The van der Waals surface area contributed by atoms with Crippen LogP contribution in [-0.2, 0) is 28.4 Å². The van der Waals surface area contributed by atoms with E-state index in [0.717, 1.165) is 12.1 Å². The molecule has 1 aliphatic rings. The number of benzene rings is 2. The molecule has 0 spiro atoms. The number of ether oxygens (including phenoxy) is 2. The Labute approximate surface area is 210 Å². The van der Waals surface area contributed by atoms with Crippen LogP contribution in [0, 0.1) is 5.82 Å². The van der Waals surface area contributed by atoms with Gasteiger partial charge in [-0.15, -0.1) is 0 Å². The van der Waals surface area contributed by atoms with Crippen molar-refractivity contribution in [3.8, 4) is 0 Å². The van der Waals surface area contributed by atoms with E-state index in [2.05, 4.69) is 15.2 Å². The Morgan fingerprint density at radius 1 is 1.08 bits per heavy atom. The summed E-state index contributed by atoms with van der Waals surface area (Å²) in [7, 11) is 0. The van der Waals surface area contributed by atoms with Crippen molar-refractivity contribution in [3.05, 3.63) is 86.8 Å². The van der Waals surface area contributed by atoms with Gasteiger partial charge in [-0.1, -0.05) is 12.1 Å². The fraction of sp³-hybridized carbons (Fsp3) is 0.391. The minimum Gasteiger partial charge on any atom is -0.393 e. The molecular formula is C23H21F7N4O4. The Hall–Kier alpha value is -3.27. The van der Waals surface area contributed by atoms with Crippen LogP contribution in [0.4, 0.5) is 30.7 Å². The van der Waals surface area contributed by atoms with Crippen LogP contribution in [0.5, 0.6) is 0 Å². The fourth-order valence-electron chi connectivity index (χ4n) is 4.13. The highest BCUT2D eigenvalue weighted by molar-refractivity contribution is 5.35. The number of morpholine rings is 1. The predicted molar refractivity (Wildman–Crippen MR) is 116 cm³/mol. The highest BCUT2D eigenvalue weighted by Gasteiger charge is 2.40. The van der Waals surface area contributed by atoms with Gasteiger partial charge in [0.15, 0.2) is 6.29 Å². The number of rotatable bonds is 7. The summed E-state index contributed by atoms with van der Waals surface area (Å²) in [4.78, 5) is 15.6. The maximum Gasteiger partial charge on any atom is 0.416 e. The van der Waals surface area contributed by atoms with Crippen molar-refractivity contribution in [3.63, 3.8) is 0 Å². The third-order valence-corrected chi connectivity index (χ3v) is 5.87. The Kier molecular flexibility index (Phi) is 7.92. The fourth-order valence-corrected chi connectivity index (χ4v) is 4.13. The molecule has 2 aromatic carbocycles. The van der Waals surface area contributed by atoms with Gasteiger partial charge in [0.2, 0.25) is 0 Å². The van der Waals surface area contributed by atoms with E-state index in [4.69, 9.17) is 9.47 Å². The van der Waals surface area contributed by atoms with E-state index in [-0.39, 0.29) is 31.6 Å². The number of nitrogens with zero attached hydrogens (tertiary/aromatic N) is 2. The van der Waals surface area contributed by atoms with Crippen molar-refractivity contribution in [1.82, 2.24) is 20.1 Å². The lowest BCUT2D eigenvalue weighted by molar-refractivity contribution is -0.238. The topological polar surface area (TPSA) is 103 Å². The van der Waals surface area contributed by atoms with Gasteiger partial charge in [-0.05, 0) is 41.5 Å². The van der Waals surface area contributed by atoms with Gasteiger partial charge in [0.1, 0.15) is 17.7 Å². The van der Waals surface area contributed by atoms with E-state index < -0.39 is 65.6 Å². The number of aromatic nitrogens is 3. The van der Waals surface area contributed by atoms with Crippen LogP contribution < -0.4 is 5.69 Å². The summed E-state index contributed by atoms with van der Waals surface area (Å²) < 4.78 is 105. The van der Waals surface area contributed by atoms with Crippen LogP contribution >= 0.6 is 0 Å². The average Bonchev–Trinajstić information content (AvgIpc) is 3.26. The quantitative estimate of drug-likeness (QED) is 0.386. The number of aliphatic hydroxyl groups excluding tert-OH is 1. The highest BCUT2D eigenvalue weighted by atomic mass is 19.4. The summed E-state index contributed by atoms with van der Waals surface area (Å²) in [5, 5.41) is 16.0. The molecule has 38 heavy (non-hydrogen) atoms. The lowest BCUT2D eigenvalue weighted by Gasteiger charge is -2.41. The van der Waals surface area contributed by atoms with Crippen LogP contribution in [-0.4, -0.2) is 51.2 Å². The van der Waals surface area contributed by atoms with Crippen LogP contribution in [0.1, 0.15) is 40.2 Å². The molecule has 1 aliphatic heterocycles. The molecule has 0 radical (unpaired) electrons. The van der Waals surface area contributed by atoms with Gasteiger partial charge in [0, 0.05) is 6.54 Å². The molecule has 1 saturated heterocycles. The molecule has 1 fully saturated rings. The van der Waals surface area contributed by atoms with Crippen molar-refractivity contribution in [2.24, 2.45) is 0 Å². The first-order valence-electron chi connectivity index (χ1n) is 11.2. The summed E-state index contributed by atoms with van der Waals surface area (Å²) >= 11 is 0. The third kappa shape index (κ3) is 6.40. The summed E-state index contributed by atoms with van der Waals surface area (Å²) in [6, 6.07) is 5.17. The van der Waals surface area contributed by atoms with E-state index in [1.54, 1.807) is 4.90 Å². The van der Waals surface area contributed by atoms with E-state index in [1.807, 2.05) is 0 Å². The second-order valence-corrected chi connectivity index (χ2v) is 8.48. The summed E-state index contributed by atoms with van der Waals surface area (Å²) in [5.74, 6) is -0.322. The molecule has 0 unspecified atom stereocenters. The van der Waals surface area contributed by atoms with Crippen molar-refractivity contribution < 1.29 is 45.3 Å². The average molecular weight is 550 g/mol. The van der Waals surface area contributed by atoms with Gasteiger partial charge in [0.05, 0.1) is 36.9 Å². The molecule has 8 nitrogen and oxygen atoms in total. The Balaban J connectivity index is 1.70. The van der Waals surface area contributed by atoms with Crippen LogP contribution in [0.3, 0.4) is 0 Å². The second-order valence-electron chi connectivity index (χ2n) is 8.48. The highest BCUT2D eigenvalue weighted by Crippen LogP contribution is 2.39. The van der Waals surface area contributed by atoms with Crippen molar-refractivity contribution in [2.75, 3.05) is 19.8 Å². The molecule has 0 bridgehead atoms. The monoisotopic (exact) mass is 550 g/mol. The minimum atomic E-state index is -5.09. The number of aromatic amines is 2. The summed E-state index contributed by atoms with van der Waals surface area (Å²) in [5.41, 5.74) is -3.82. The number of H-pyrrole nitrogens is 2. The molecule has 0 aliphatic carbocycles. The smallest absolute Gasteiger partial charge is 0.393 e. The Morgan fingerprint density at radius 2 is 1.71 bits per heavy atom. The molecule has 3 atom stereocenters. The molecule has 1 aromatic heterocycles. The van der Waals surface area contributed by atoms with Gasteiger partial charge in [0.25, 0.3) is 0 Å². The Morgan fingerprint density at radius 3 is 2.24 bits per heavy atom. The largest absolute Gasteiger partial charge is 0.416 e. The molecule has 15 heteroatoms. The number of hydrogen-bond donors (Lipinski definition) is 3. The van der Waals surface area contributed by atoms with Gasteiger partial charge in [-0.3, -0.25) is 9.88 Å². The first kappa shape index (κ1) is 27.8. The zero-order valence-corrected chi connectivity index (χ0v) is 19.3. The zero-order chi connectivity index (χ0) is 27.7. The lowest BCUT2D eigenvalue weighted by Crippen LogP contribution is -2.46. The molecule has 0 amide bonds. The third-order valence-electron chi connectivity index (χ3n) is 5.87. The van der Waals surface area contributed by atoms with Crippen LogP contribution in [0.15, 0.2) is 47.3 Å². The van der Waals surface area contributed by atoms with Crippen molar-refractivity contribution in [2.45, 2.75) is 37.3 Å². The van der Waals surface area contributed by atoms with E-state index in [9.17, 15) is 40.6 Å². The molecule has 3 aromatic rings. The van der Waals surface area contributed by atoms with E-state index in [1.165, 1.54) is 12.1 Å². The zero-order valence-electron chi connectivity index (χ0n) is 19.3. The SMILES string of the molecule is O=c1[nH]nc(CN2CCO[C@H](O[C@H](CO)c3cc(C(F)(F)F)cc(C(F)(F)F)c3)[C@@H]2c2ccc(F)cc2)[nH]1. The van der Waals surface area contributed by atoms with E-state index >= 15 is 0 Å². The van der Waals surface area contributed by atoms with Gasteiger partial charge in [-0.2, -0.15) is 31.4 Å². The maximum atomic E-state index is 13.6. The molecular weight excluding hydrogens is 529 g/mol. The molecule has 2 heterocycles. The first-order chi connectivity index (χ1) is 17.8. The predicted octanol–water partition coefficient (Wildman–Crippen LogP) is 3.92. The van der Waals surface area contributed by atoms with Crippen LogP contribution in [0.25, 0.3) is 0 Å². The second kappa shape index (κ2) is 10.8. The molecule has 206 valence electrons. The van der Waals surface area contributed by atoms with Crippen molar-refractivity contribution in [1.29, 1.82) is 0 Å². The number of nitrogens with one attached hydrogen (secondary N) is 2. The van der Waals surface area contributed by atoms with Crippen LogP contribution in [0.2, 0.25) is 0 Å². The van der Waals surface area contributed by atoms with Crippen molar-refractivity contribution >= 4 is 0 Å². The van der Waals surface area contributed by atoms with Gasteiger partial charge in [-0.25, -0.2) is 14.3 Å². The van der Waals surface area contributed by atoms with E-state index in [0.29, 0.717) is 17.7 Å². The first-order valence-corrected chi connectivity index (χ1v) is 11.2. The maximum absolute atomic E-state index is 13.6. The molecule has 4 rings (SSSR count). The van der Waals surface area contributed by atoms with Gasteiger partial charge >= 0.3 is 18.0 Å². The normalized spacial score (nSPS) is 20.0. The molecule has 3 N–H and O–H groups in total. The minimum absolute atomic E-state index is 0.0194. The number of alkyl halides is 6. The standard InChI is InChI=1S/C23H21F7N4O4/c24-16-3-1-12(2-4-16)19-20(37-6-5-34(19)10-18-31-21(36)33-32-18)38-17(11-35)13-7-14(22(25,26)27)9-15(8-13)23(28,29)30/h1-4,7-9,17,19-20,35H,5-6,10-11H2,(H2,31,32,33,36)/t17-,19+,20-/m1/s1. The summed E-state index contributed by atoms with van der Waals surface area (Å²) in [6.07, 6.45) is -13.1. The molecule has 0 saturated carbocycles. The Bertz CT molecular complexity index is 1260. The van der Waals surface area contributed by atoms with Gasteiger partial charge < -0.3 is 14.6 Å². The number of aliphatic hydroxyl groups is 1. The lowest BCUT2D eigenvalue weighted by atomic mass is 10.00. The number of halogens is 7.